The molecule has 1 aromatic rings. The van der Waals surface area contributed by atoms with Crippen LogP contribution in [0.4, 0.5) is 0 Å². The third-order valence-corrected chi connectivity index (χ3v) is 15.9. The molecule has 0 radical (unpaired) electrons. The predicted octanol–water partition coefficient (Wildman–Crippen LogP) is 8.23. The van der Waals surface area contributed by atoms with Gasteiger partial charge in [0, 0.05) is 35.3 Å². The lowest BCUT2D eigenvalue weighted by molar-refractivity contribution is 0.140. The zero-order chi connectivity index (χ0) is 38.6. The van der Waals surface area contributed by atoms with Crippen molar-refractivity contribution in [3.63, 3.8) is 0 Å². The molecule has 0 aromatic heterocycles. The highest BCUT2D eigenvalue weighted by atomic mass is 28.3. The van der Waals surface area contributed by atoms with Gasteiger partial charge in [0.05, 0.1) is 5.41 Å². The second-order valence-electron chi connectivity index (χ2n) is 15.9. The van der Waals surface area contributed by atoms with E-state index in [1.807, 2.05) is 0 Å². The van der Waals surface area contributed by atoms with Gasteiger partial charge in [-0.05, 0) is 187 Å². The van der Waals surface area contributed by atoms with Crippen molar-refractivity contribution in [1.82, 2.24) is 4.57 Å². The molecule has 4 aliphatic carbocycles. The molecule has 1 nitrogen and oxygen atoms in total. The summed E-state index contributed by atoms with van der Waals surface area (Å²) >= 11 is 0. The first-order valence-corrected chi connectivity index (χ1v) is 21.8. The van der Waals surface area contributed by atoms with Gasteiger partial charge in [-0.15, -0.1) is 6.42 Å². The second kappa shape index (κ2) is 17.7. The minimum atomic E-state index is -1.84. The molecular weight excluding hydrogens is 667 g/mol. The molecule has 2 fully saturated rings. The Bertz CT molecular complexity index is 2440. The lowest BCUT2D eigenvalue weighted by atomic mass is 9.74. The standard InChI is InChI=1S/C52H45NSi/c1-9-10-11-12-13-14-15-16-17-18-19-20-21-22-23-24-25-26-27-33-38-52(6)48-37-32-31-36-44(48)46-40-47-45(41-49(46)52)42(2)39-50(47)54(7,8)53(51(3,4)5)43-34-29-28-30-35-43/h1,31-32,36-37,40-43,45,47,50H,28-30,34-35,39H2,2-8H3. The lowest BCUT2D eigenvalue weighted by Gasteiger charge is -2.55. The molecule has 262 valence electrons. The second-order valence-corrected chi connectivity index (χ2v) is 20.5. The molecule has 5 atom stereocenters. The Labute approximate surface area is 327 Å². The Balaban J connectivity index is 1.31. The molecule has 2 heteroatoms. The van der Waals surface area contributed by atoms with Crippen LogP contribution in [0.25, 0.3) is 5.57 Å². The van der Waals surface area contributed by atoms with Gasteiger partial charge in [-0.1, -0.05) is 81.6 Å². The summed E-state index contributed by atoms with van der Waals surface area (Å²) in [5.74, 6) is 57.5. The van der Waals surface area contributed by atoms with Gasteiger partial charge in [0.2, 0.25) is 0 Å². The van der Waals surface area contributed by atoms with E-state index >= 15 is 0 Å². The Hall–Kier alpha value is -5.96. The fourth-order valence-corrected chi connectivity index (χ4v) is 14.9. The summed E-state index contributed by atoms with van der Waals surface area (Å²) in [4.78, 5) is 0. The number of benzene rings is 1. The van der Waals surface area contributed by atoms with Crippen LogP contribution in [0.3, 0.4) is 0 Å². The maximum atomic E-state index is 5.00. The van der Waals surface area contributed by atoms with Crippen LogP contribution in [-0.4, -0.2) is 24.4 Å². The van der Waals surface area contributed by atoms with Crippen LogP contribution < -0.4 is 0 Å². The maximum Gasteiger partial charge on any atom is 0.126 e. The molecule has 0 bridgehead atoms. The number of nitrogens with zero attached hydrogens (tertiary/aromatic N) is 1. The summed E-state index contributed by atoms with van der Waals surface area (Å²) in [6.45, 7) is 17.5. The summed E-state index contributed by atoms with van der Waals surface area (Å²) in [6.07, 6.45) is 18.4. The molecule has 0 spiro atoms. The molecule has 4 aliphatic rings. The van der Waals surface area contributed by atoms with Crippen LogP contribution >= 0.6 is 0 Å². The van der Waals surface area contributed by atoms with Gasteiger partial charge in [-0.3, -0.25) is 0 Å². The molecule has 0 aliphatic heterocycles. The number of terminal acetylenes is 1. The topological polar surface area (TPSA) is 3.24 Å². The third-order valence-electron chi connectivity index (χ3n) is 11.2. The number of allylic oxidation sites excluding steroid dienone is 4. The zero-order valence-electron chi connectivity index (χ0n) is 32.6. The zero-order valence-corrected chi connectivity index (χ0v) is 33.6. The number of fused-ring (bicyclic) bond motifs is 4. The predicted molar refractivity (Wildman–Crippen MR) is 227 cm³/mol. The third kappa shape index (κ3) is 8.97. The molecule has 0 N–H and O–H groups in total. The van der Waals surface area contributed by atoms with Crippen molar-refractivity contribution in [3.8, 4) is 131 Å². The van der Waals surface area contributed by atoms with E-state index in [4.69, 9.17) is 6.42 Å². The fraction of sp³-hybridized carbons (Fsp3) is 0.385. The smallest absolute Gasteiger partial charge is 0.126 e. The van der Waals surface area contributed by atoms with Crippen LogP contribution in [0.1, 0.15) is 84.3 Å². The van der Waals surface area contributed by atoms with E-state index in [2.05, 4.69) is 213 Å². The Morgan fingerprint density at radius 3 is 1.70 bits per heavy atom. The number of rotatable bonds is 3. The first-order chi connectivity index (χ1) is 26.0. The summed E-state index contributed by atoms with van der Waals surface area (Å²) in [5, 5.41) is 0. The average molecular weight is 712 g/mol. The molecule has 5 unspecified atom stereocenters. The molecule has 0 heterocycles. The molecule has 0 saturated heterocycles. The van der Waals surface area contributed by atoms with Crippen molar-refractivity contribution in [1.29, 1.82) is 0 Å². The summed E-state index contributed by atoms with van der Waals surface area (Å²) in [6, 6.07) is 9.54. The van der Waals surface area contributed by atoms with Crippen LogP contribution in [0, 0.1) is 149 Å². The molecule has 0 amide bonds. The van der Waals surface area contributed by atoms with Crippen molar-refractivity contribution in [3.05, 3.63) is 53.1 Å². The first-order valence-electron chi connectivity index (χ1n) is 18.8. The van der Waals surface area contributed by atoms with E-state index in [0.717, 1.165) is 0 Å². The summed E-state index contributed by atoms with van der Waals surface area (Å²) < 4.78 is 3.07. The van der Waals surface area contributed by atoms with Crippen LogP contribution in [0.2, 0.25) is 18.6 Å². The quantitative estimate of drug-likeness (QED) is 0.226. The average Bonchev–Trinajstić information content (AvgIpc) is 3.61. The van der Waals surface area contributed by atoms with E-state index in [1.165, 1.54) is 60.8 Å². The van der Waals surface area contributed by atoms with Crippen molar-refractivity contribution in [2.75, 3.05) is 0 Å². The summed E-state index contributed by atoms with van der Waals surface area (Å²) in [7, 11) is -1.84. The highest BCUT2D eigenvalue weighted by molar-refractivity contribution is 6.76. The van der Waals surface area contributed by atoms with Gasteiger partial charge < -0.3 is 4.57 Å². The fourth-order valence-electron chi connectivity index (χ4n) is 9.42. The highest BCUT2D eigenvalue weighted by Crippen LogP contribution is 2.60. The Morgan fingerprint density at radius 1 is 0.685 bits per heavy atom. The molecular formula is C52H45NSi. The van der Waals surface area contributed by atoms with Gasteiger partial charge in [0.1, 0.15) is 8.24 Å². The number of hydrogen-bond acceptors (Lipinski definition) is 1. The summed E-state index contributed by atoms with van der Waals surface area (Å²) in [5.41, 5.74) is 5.76. The molecule has 54 heavy (non-hydrogen) atoms. The Kier molecular flexibility index (Phi) is 12.9. The number of hydrogen-bond donors (Lipinski definition) is 0. The van der Waals surface area contributed by atoms with Crippen LogP contribution in [0.5, 0.6) is 0 Å². The van der Waals surface area contributed by atoms with E-state index in [1.54, 1.807) is 0 Å². The maximum absolute atomic E-state index is 5.00. The van der Waals surface area contributed by atoms with Crippen molar-refractivity contribution in [2.45, 2.75) is 109 Å². The lowest BCUT2D eigenvalue weighted by Crippen LogP contribution is -2.64. The van der Waals surface area contributed by atoms with Gasteiger partial charge in [-0.2, -0.15) is 0 Å². The van der Waals surface area contributed by atoms with Crippen molar-refractivity contribution >= 4 is 13.8 Å². The molecule has 2 saturated carbocycles. The monoisotopic (exact) mass is 711 g/mol. The Morgan fingerprint density at radius 2 is 1.19 bits per heavy atom. The van der Waals surface area contributed by atoms with Gasteiger partial charge in [-0.25, -0.2) is 0 Å². The largest absolute Gasteiger partial charge is 0.316 e. The molecule has 1 aromatic carbocycles. The SMILES string of the molecule is C#CC#CC#CC#CC#CC#CC#CC#CC#CC#CC#CC1(C)C2=CC3C(C)CC([Si](C)(C)N(C4CCCCC4)C(C)(C)C)C3C=C2c2ccccc21. The van der Waals surface area contributed by atoms with E-state index < -0.39 is 13.7 Å². The normalized spacial score (nSPS) is 22.6. The minimum absolute atomic E-state index is 0.168. The minimum Gasteiger partial charge on any atom is -0.316 e. The van der Waals surface area contributed by atoms with E-state index in [-0.39, 0.29) is 5.54 Å². The van der Waals surface area contributed by atoms with Crippen molar-refractivity contribution < 1.29 is 0 Å². The van der Waals surface area contributed by atoms with Crippen LogP contribution in [0.15, 0.2) is 42.0 Å². The van der Waals surface area contributed by atoms with Gasteiger partial charge >= 0.3 is 0 Å². The molecule has 5 rings (SSSR count). The first kappa shape index (κ1) is 39.2. The highest BCUT2D eigenvalue weighted by Gasteiger charge is 2.55. The van der Waals surface area contributed by atoms with Crippen molar-refractivity contribution in [2.24, 2.45) is 17.8 Å². The van der Waals surface area contributed by atoms with Gasteiger partial charge in [0.25, 0.3) is 0 Å². The van der Waals surface area contributed by atoms with E-state index in [0.29, 0.717) is 29.3 Å². The van der Waals surface area contributed by atoms with E-state index in [9.17, 15) is 0 Å². The van der Waals surface area contributed by atoms with Gasteiger partial charge in [0.15, 0.2) is 0 Å². The van der Waals surface area contributed by atoms with Crippen LogP contribution in [-0.2, 0) is 5.41 Å².